The van der Waals surface area contributed by atoms with Gasteiger partial charge in [0.25, 0.3) is 0 Å². The average molecular weight is 398 g/mol. The van der Waals surface area contributed by atoms with E-state index >= 15 is 0 Å². The van der Waals surface area contributed by atoms with E-state index < -0.39 is 5.60 Å². The standard InChI is InChI=1S/C13H23IN2O2S/c1-13(2,3)18-12(17)15-10-7-5-9(6-8-10)11(16-14)19-4/h9-10H,5-8H2,1-4H3,(H,15,17). The lowest BCUT2D eigenvalue weighted by molar-refractivity contribution is 0.0491. The number of alkyl carbamates (subject to hydrolysis) is 1. The van der Waals surface area contributed by atoms with Crippen molar-refractivity contribution in [1.82, 2.24) is 5.32 Å². The van der Waals surface area contributed by atoms with E-state index in [2.05, 4.69) is 37.6 Å². The fourth-order valence-electron chi connectivity index (χ4n) is 2.23. The molecular weight excluding hydrogens is 375 g/mol. The van der Waals surface area contributed by atoms with Gasteiger partial charge >= 0.3 is 6.09 Å². The number of carbonyl (C=O) groups excluding carboxylic acids is 1. The number of ether oxygens (including phenoxy) is 1. The molecule has 110 valence electrons. The third-order valence-electron chi connectivity index (χ3n) is 3.09. The fraction of sp³-hybridized carbons (Fsp3) is 0.846. The van der Waals surface area contributed by atoms with Crippen molar-refractivity contribution in [3.8, 4) is 0 Å². The summed E-state index contributed by atoms with van der Waals surface area (Å²) in [5.74, 6) is 0.559. The first kappa shape index (κ1) is 17.1. The van der Waals surface area contributed by atoms with Crippen LogP contribution in [0.3, 0.4) is 0 Å². The molecule has 6 heteroatoms. The topological polar surface area (TPSA) is 50.7 Å². The van der Waals surface area contributed by atoms with E-state index in [4.69, 9.17) is 4.74 Å². The minimum Gasteiger partial charge on any atom is -0.444 e. The van der Waals surface area contributed by atoms with Gasteiger partial charge in [-0.25, -0.2) is 8.00 Å². The lowest BCUT2D eigenvalue weighted by atomic mass is 9.87. The molecule has 0 atom stereocenters. The lowest BCUT2D eigenvalue weighted by Crippen LogP contribution is -2.41. The minimum atomic E-state index is -0.429. The Hall–Kier alpha value is 0.0200. The summed E-state index contributed by atoms with van der Waals surface area (Å²) in [5, 5.41) is 4.18. The Labute approximate surface area is 134 Å². The number of halogens is 1. The molecule has 1 N–H and O–H groups in total. The minimum absolute atomic E-state index is 0.239. The van der Waals surface area contributed by atoms with Crippen LogP contribution in [-0.4, -0.2) is 29.0 Å². The van der Waals surface area contributed by atoms with Crippen molar-refractivity contribution in [2.75, 3.05) is 6.26 Å². The van der Waals surface area contributed by atoms with Crippen molar-refractivity contribution in [3.05, 3.63) is 0 Å². The summed E-state index contributed by atoms with van der Waals surface area (Å²) in [7, 11) is 0. The number of nitrogens with zero attached hydrogens (tertiary/aromatic N) is 1. The zero-order chi connectivity index (χ0) is 14.5. The van der Waals surface area contributed by atoms with Crippen molar-refractivity contribution in [3.63, 3.8) is 0 Å². The van der Waals surface area contributed by atoms with Crippen LogP contribution in [-0.2, 0) is 4.74 Å². The van der Waals surface area contributed by atoms with Crippen molar-refractivity contribution in [2.24, 2.45) is 9.12 Å². The molecule has 0 saturated heterocycles. The summed E-state index contributed by atoms with van der Waals surface area (Å²) in [6, 6.07) is 0.239. The Morgan fingerprint density at radius 2 is 1.89 bits per heavy atom. The predicted molar refractivity (Wildman–Crippen MR) is 90.1 cm³/mol. The molecule has 0 aliphatic heterocycles. The van der Waals surface area contributed by atoms with Crippen molar-refractivity contribution in [1.29, 1.82) is 0 Å². The Bertz CT molecular complexity index is 334. The highest BCUT2D eigenvalue weighted by atomic mass is 127. The van der Waals surface area contributed by atoms with Crippen molar-refractivity contribution < 1.29 is 9.53 Å². The molecule has 0 aromatic rings. The Morgan fingerprint density at radius 1 is 1.32 bits per heavy atom. The van der Waals surface area contributed by atoms with Crippen LogP contribution in [0.15, 0.2) is 3.21 Å². The quantitative estimate of drug-likeness (QED) is 0.431. The van der Waals surface area contributed by atoms with E-state index in [1.54, 1.807) is 11.8 Å². The van der Waals surface area contributed by atoms with Gasteiger partial charge < -0.3 is 10.1 Å². The molecular formula is C13H23IN2O2S. The van der Waals surface area contributed by atoms with Gasteiger partial charge in [-0.3, -0.25) is 0 Å². The molecule has 19 heavy (non-hydrogen) atoms. The maximum atomic E-state index is 11.7. The number of amides is 1. The normalized spacial score (nSPS) is 25.0. The molecule has 0 unspecified atom stereocenters. The lowest BCUT2D eigenvalue weighted by Gasteiger charge is -2.30. The molecule has 4 nitrogen and oxygen atoms in total. The summed E-state index contributed by atoms with van der Waals surface area (Å²) >= 11 is 3.80. The molecule has 0 aromatic carbocycles. The summed E-state index contributed by atoms with van der Waals surface area (Å²) in [6.45, 7) is 5.64. The third-order valence-corrected chi connectivity index (χ3v) is 4.78. The third kappa shape index (κ3) is 6.33. The van der Waals surface area contributed by atoms with Gasteiger partial charge in [0, 0.05) is 12.0 Å². The first-order chi connectivity index (χ1) is 8.85. The summed E-state index contributed by atoms with van der Waals surface area (Å²) < 4.78 is 9.58. The highest BCUT2D eigenvalue weighted by Gasteiger charge is 2.26. The van der Waals surface area contributed by atoms with Crippen LogP contribution in [0.25, 0.3) is 0 Å². The predicted octanol–water partition coefficient (Wildman–Crippen LogP) is 4.18. The summed E-state index contributed by atoms with van der Waals surface area (Å²) in [6.07, 6.45) is 5.94. The highest BCUT2D eigenvalue weighted by Crippen LogP contribution is 2.29. The van der Waals surface area contributed by atoms with Crippen molar-refractivity contribution in [2.45, 2.75) is 58.1 Å². The van der Waals surface area contributed by atoms with Crippen LogP contribution in [0.4, 0.5) is 4.79 Å². The van der Waals surface area contributed by atoms with E-state index in [1.165, 1.54) is 5.04 Å². The van der Waals surface area contributed by atoms with E-state index in [1.807, 2.05) is 20.8 Å². The van der Waals surface area contributed by atoms with Gasteiger partial charge in [-0.1, -0.05) is 0 Å². The van der Waals surface area contributed by atoms with Crippen LogP contribution in [0, 0.1) is 5.92 Å². The van der Waals surface area contributed by atoms with Gasteiger partial charge in [-0.2, -0.15) is 0 Å². The van der Waals surface area contributed by atoms with Gasteiger partial charge in [-0.05, 0) is 52.7 Å². The Morgan fingerprint density at radius 3 is 2.32 bits per heavy atom. The van der Waals surface area contributed by atoms with Gasteiger partial charge in [-0.15, -0.1) is 11.8 Å². The van der Waals surface area contributed by atoms with Gasteiger partial charge in [0.1, 0.15) is 5.60 Å². The second-order valence-electron chi connectivity index (χ2n) is 5.82. The summed E-state index contributed by atoms with van der Waals surface area (Å²) in [4.78, 5) is 11.7. The van der Waals surface area contributed by atoms with Crippen LogP contribution in [0.2, 0.25) is 0 Å². The number of rotatable bonds is 2. The van der Waals surface area contributed by atoms with Gasteiger partial charge in [0.2, 0.25) is 0 Å². The number of nitrogens with one attached hydrogen (secondary N) is 1. The fourth-order valence-corrected chi connectivity index (χ4v) is 3.85. The molecule has 1 rings (SSSR count). The SMILES string of the molecule is CSC(=NI)C1CCC(NC(=O)OC(C)(C)C)CC1. The van der Waals surface area contributed by atoms with E-state index in [0.29, 0.717) is 5.92 Å². The second-order valence-corrected chi connectivity index (χ2v) is 7.13. The molecule has 1 aliphatic carbocycles. The van der Waals surface area contributed by atoms with Crippen molar-refractivity contribution >= 4 is 45.8 Å². The Kier molecular flexibility index (Phi) is 6.93. The molecule has 0 bridgehead atoms. The first-order valence-corrected chi connectivity index (χ1v) is 8.77. The molecule has 1 aliphatic rings. The monoisotopic (exact) mass is 398 g/mol. The Balaban J connectivity index is 2.36. The van der Waals surface area contributed by atoms with Crippen LogP contribution < -0.4 is 5.32 Å². The average Bonchev–Trinajstić information content (AvgIpc) is 2.30. The maximum Gasteiger partial charge on any atom is 0.407 e. The molecule has 0 aromatic heterocycles. The van der Waals surface area contributed by atoms with E-state index in [0.717, 1.165) is 25.7 Å². The van der Waals surface area contributed by atoms with Gasteiger partial charge in [0.15, 0.2) is 0 Å². The largest absolute Gasteiger partial charge is 0.444 e. The second kappa shape index (κ2) is 7.71. The van der Waals surface area contributed by atoms with Gasteiger partial charge in [0.05, 0.1) is 27.9 Å². The number of hydrogen-bond donors (Lipinski definition) is 1. The van der Waals surface area contributed by atoms with E-state index in [-0.39, 0.29) is 12.1 Å². The molecule has 1 amide bonds. The zero-order valence-corrected chi connectivity index (χ0v) is 15.0. The van der Waals surface area contributed by atoms with Crippen LogP contribution >= 0.6 is 34.6 Å². The molecule has 1 saturated carbocycles. The smallest absolute Gasteiger partial charge is 0.407 e. The summed E-state index contributed by atoms with van der Waals surface area (Å²) in [5.41, 5.74) is -0.429. The zero-order valence-electron chi connectivity index (χ0n) is 12.0. The highest BCUT2D eigenvalue weighted by molar-refractivity contribution is 14.1. The van der Waals surface area contributed by atoms with Crippen LogP contribution in [0.5, 0.6) is 0 Å². The number of hydrogen-bond acceptors (Lipinski definition) is 4. The molecule has 0 heterocycles. The molecule has 0 radical (unpaired) electrons. The maximum absolute atomic E-state index is 11.7. The first-order valence-electron chi connectivity index (χ1n) is 6.58. The molecule has 1 fully saturated rings. The molecule has 0 spiro atoms. The number of thioether (sulfide) groups is 1. The number of carbonyl (C=O) groups is 1. The van der Waals surface area contributed by atoms with E-state index in [9.17, 15) is 4.79 Å². The van der Waals surface area contributed by atoms with Crippen LogP contribution in [0.1, 0.15) is 46.5 Å².